The Morgan fingerprint density at radius 2 is 1.89 bits per heavy atom. The first-order chi connectivity index (χ1) is 8.53. The molecule has 0 aromatic carbocycles. The normalized spacial score (nSPS) is 27.8. The average Bonchev–Trinajstić information content (AvgIpc) is 2.73. The van der Waals surface area contributed by atoms with Crippen LogP contribution in [0.2, 0.25) is 0 Å². The number of nitrogens with zero attached hydrogens (tertiary/aromatic N) is 1. The van der Waals surface area contributed by atoms with Crippen molar-refractivity contribution in [3.63, 3.8) is 0 Å². The lowest BCUT2D eigenvalue weighted by Gasteiger charge is -2.24. The van der Waals surface area contributed by atoms with Gasteiger partial charge < -0.3 is 5.32 Å². The van der Waals surface area contributed by atoms with E-state index in [1.54, 1.807) is 0 Å². The second-order valence-corrected chi connectivity index (χ2v) is 6.52. The maximum absolute atomic E-state index is 12.3. The Labute approximate surface area is 111 Å². The van der Waals surface area contributed by atoms with Crippen molar-refractivity contribution in [3.8, 4) is 0 Å². The first-order valence-electron chi connectivity index (χ1n) is 6.63. The summed E-state index contributed by atoms with van der Waals surface area (Å²) in [6, 6.07) is 0.586. The van der Waals surface area contributed by atoms with Crippen molar-refractivity contribution in [1.29, 1.82) is 0 Å². The molecule has 6 heteroatoms. The minimum Gasteiger partial charge on any atom is -0.314 e. The molecule has 0 aliphatic carbocycles. The molecule has 0 radical (unpaired) electrons. The second kappa shape index (κ2) is 6.48. The summed E-state index contributed by atoms with van der Waals surface area (Å²) >= 11 is 1.99. The highest BCUT2D eigenvalue weighted by atomic mass is 32.2. The Morgan fingerprint density at radius 3 is 2.56 bits per heavy atom. The predicted molar refractivity (Wildman–Crippen MR) is 69.0 cm³/mol. The van der Waals surface area contributed by atoms with Gasteiger partial charge in [0.05, 0.1) is 6.54 Å². The van der Waals surface area contributed by atoms with Gasteiger partial charge in [-0.25, -0.2) is 0 Å². The number of nitrogens with one attached hydrogen (secondary N) is 1. The number of halogens is 3. The van der Waals surface area contributed by atoms with Crippen LogP contribution in [0, 0.1) is 5.92 Å². The van der Waals surface area contributed by atoms with Gasteiger partial charge in [0, 0.05) is 12.6 Å². The van der Waals surface area contributed by atoms with Crippen molar-refractivity contribution in [2.75, 3.05) is 37.7 Å². The fraction of sp³-hybridized carbons (Fsp3) is 1.00. The van der Waals surface area contributed by atoms with Crippen LogP contribution in [-0.4, -0.2) is 54.8 Å². The summed E-state index contributed by atoms with van der Waals surface area (Å²) in [7, 11) is 0. The molecule has 1 atom stereocenters. The number of alkyl halides is 3. The molecule has 2 fully saturated rings. The molecular weight excluding hydrogens is 261 g/mol. The van der Waals surface area contributed by atoms with E-state index in [-0.39, 0.29) is 0 Å². The molecule has 1 unspecified atom stereocenters. The fourth-order valence-electron chi connectivity index (χ4n) is 2.71. The summed E-state index contributed by atoms with van der Waals surface area (Å²) in [4.78, 5) is 1.53. The molecular formula is C12H21F3N2S. The van der Waals surface area contributed by atoms with E-state index in [1.165, 1.54) is 29.2 Å². The van der Waals surface area contributed by atoms with Crippen LogP contribution >= 0.6 is 11.8 Å². The van der Waals surface area contributed by atoms with E-state index in [4.69, 9.17) is 0 Å². The van der Waals surface area contributed by atoms with Crippen LogP contribution in [0.3, 0.4) is 0 Å². The number of likely N-dealkylation sites (tertiary alicyclic amines) is 1. The maximum atomic E-state index is 12.3. The highest BCUT2D eigenvalue weighted by Gasteiger charge is 2.34. The summed E-state index contributed by atoms with van der Waals surface area (Å²) in [6.45, 7) is 1.31. The van der Waals surface area contributed by atoms with E-state index < -0.39 is 12.7 Å². The zero-order chi connectivity index (χ0) is 13.0. The van der Waals surface area contributed by atoms with Crippen molar-refractivity contribution < 1.29 is 13.2 Å². The van der Waals surface area contributed by atoms with Gasteiger partial charge in [-0.3, -0.25) is 4.90 Å². The van der Waals surface area contributed by atoms with Crippen molar-refractivity contribution in [2.45, 2.75) is 31.5 Å². The van der Waals surface area contributed by atoms with Gasteiger partial charge in [-0.2, -0.15) is 24.9 Å². The second-order valence-electron chi connectivity index (χ2n) is 5.30. The lowest BCUT2D eigenvalue weighted by atomic mass is 10.1. The lowest BCUT2D eigenvalue weighted by molar-refractivity contribution is -0.143. The summed E-state index contributed by atoms with van der Waals surface area (Å²) < 4.78 is 36.8. The van der Waals surface area contributed by atoms with Crippen LogP contribution in [0.1, 0.15) is 19.3 Å². The highest BCUT2D eigenvalue weighted by Crippen LogP contribution is 2.23. The molecule has 2 nitrogen and oxygen atoms in total. The van der Waals surface area contributed by atoms with E-state index in [1.807, 2.05) is 11.8 Å². The topological polar surface area (TPSA) is 15.3 Å². The third-order valence-electron chi connectivity index (χ3n) is 3.69. The van der Waals surface area contributed by atoms with Gasteiger partial charge in [-0.15, -0.1) is 0 Å². The van der Waals surface area contributed by atoms with Gasteiger partial charge in [-0.05, 0) is 49.8 Å². The largest absolute Gasteiger partial charge is 0.401 e. The smallest absolute Gasteiger partial charge is 0.314 e. The molecule has 2 aliphatic rings. The molecule has 106 valence electrons. The Bertz CT molecular complexity index is 254. The van der Waals surface area contributed by atoms with E-state index in [2.05, 4.69) is 5.32 Å². The molecule has 0 aromatic rings. The molecule has 2 rings (SSSR count). The number of hydrogen-bond donors (Lipinski definition) is 1. The molecule has 0 bridgehead atoms. The standard InChI is InChI=1S/C12H21F3N2S/c13-12(14,15)9-17-4-1-10(8-17)7-16-11-2-5-18-6-3-11/h10-11,16H,1-9H2. The predicted octanol–water partition coefficient (Wildman–Crippen LogP) is 2.36. The van der Waals surface area contributed by atoms with Crippen molar-refractivity contribution in [1.82, 2.24) is 10.2 Å². The summed E-state index contributed by atoms with van der Waals surface area (Å²) in [5.74, 6) is 2.81. The summed E-state index contributed by atoms with van der Waals surface area (Å²) in [6.07, 6.45) is -0.763. The zero-order valence-corrected chi connectivity index (χ0v) is 11.3. The molecule has 18 heavy (non-hydrogen) atoms. The fourth-order valence-corrected chi connectivity index (χ4v) is 3.82. The quantitative estimate of drug-likeness (QED) is 0.852. The minimum atomic E-state index is -4.05. The van der Waals surface area contributed by atoms with E-state index in [9.17, 15) is 13.2 Å². The Balaban J connectivity index is 1.63. The van der Waals surface area contributed by atoms with Gasteiger partial charge in [0.2, 0.25) is 0 Å². The van der Waals surface area contributed by atoms with Crippen LogP contribution in [0.5, 0.6) is 0 Å². The molecule has 0 saturated carbocycles. The minimum absolute atomic E-state index is 0.391. The zero-order valence-electron chi connectivity index (χ0n) is 10.5. The molecule has 0 spiro atoms. The molecule has 2 saturated heterocycles. The van der Waals surface area contributed by atoms with Crippen LogP contribution in [0.25, 0.3) is 0 Å². The third kappa shape index (κ3) is 4.97. The molecule has 2 heterocycles. The number of rotatable bonds is 4. The first-order valence-corrected chi connectivity index (χ1v) is 7.78. The SMILES string of the molecule is FC(F)(F)CN1CCC(CNC2CCSCC2)C1. The van der Waals surface area contributed by atoms with Crippen LogP contribution < -0.4 is 5.32 Å². The van der Waals surface area contributed by atoms with Gasteiger partial charge in [0.25, 0.3) is 0 Å². The van der Waals surface area contributed by atoms with Crippen LogP contribution in [-0.2, 0) is 0 Å². The number of thioether (sulfide) groups is 1. The van der Waals surface area contributed by atoms with E-state index in [0.29, 0.717) is 25.0 Å². The molecule has 2 aliphatic heterocycles. The van der Waals surface area contributed by atoms with E-state index in [0.717, 1.165) is 13.0 Å². The van der Waals surface area contributed by atoms with Gasteiger partial charge in [-0.1, -0.05) is 0 Å². The molecule has 0 amide bonds. The average molecular weight is 282 g/mol. The Hall–Kier alpha value is 0.0600. The lowest BCUT2D eigenvalue weighted by Crippen LogP contribution is -2.37. The Morgan fingerprint density at radius 1 is 1.17 bits per heavy atom. The van der Waals surface area contributed by atoms with Gasteiger partial charge in [0.1, 0.15) is 0 Å². The third-order valence-corrected chi connectivity index (χ3v) is 4.74. The molecule has 0 aromatic heterocycles. The van der Waals surface area contributed by atoms with E-state index >= 15 is 0 Å². The van der Waals surface area contributed by atoms with Crippen LogP contribution in [0.4, 0.5) is 13.2 Å². The van der Waals surface area contributed by atoms with Gasteiger partial charge >= 0.3 is 6.18 Å². The number of hydrogen-bond acceptors (Lipinski definition) is 3. The summed E-state index contributed by atoms with van der Waals surface area (Å²) in [5, 5.41) is 3.53. The highest BCUT2D eigenvalue weighted by molar-refractivity contribution is 7.99. The monoisotopic (exact) mass is 282 g/mol. The maximum Gasteiger partial charge on any atom is 0.401 e. The van der Waals surface area contributed by atoms with Crippen LogP contribution in [0.15, 0.2) is 0 Å². The Kier molecular flexibility index (Phi) is 5.21. The van der Waals surface area contributed by atoms with Gasteiger partial charge in [0.15, 0.2) is 0 Å². The van der Waals surface area contributed by atoms with Crippen molar-refractivity contribution in [3.05, 3.63) is 0 Å². The summed E-state index contributed by atoms with van der Waals surface area (Å²) in [5.41, 5.74) is 0. The van der Waals surface area contributed by atoms with Crippen molar-refractivity contribution in [2.24, 2.45) is 5.92 Å². The molecule has 1 N–H and O–H groups in total. The first kappa shape index (κ1) is 14.5. The van der Waals surface area contributed by atoms with Crippen molar-refractivity contribution >= 4 is 11.8 Å².